The summed E-state index contributed by atoms with van der Waals surface area (Å²) < 4.78 is 43.8. The summed E-state index contributed by atoms with van der Waals surface area (Å²) >= 11 is 6.67. The Morgan fingerprint density at radius 2 is 1.80 bits per heavy atom. The minimum atomic E-state index is -4.37. The highest BCUT2D eigenvalue weighted by Gasteiger charge is 2.39. The number of hydrogen-bond acceptors (Lipinski definition) is 9. The number of methoxy groups -OCH3 is 1. The number of anilines is 2. The number of benzene rings is 1. The highest BCUT2D eigenvalue weighted by atomic mass is 35.5. The van der Waals surface area contributed by atoms with Crippen molar-refractivity contribution in [1.29, 1.82) is 0 Å². The van der Waals surface area contributed by atoms with Crippen molar-refractivity contribution in [3.63, 3.8) is 0 Å². The normalized spacial score (nSPS) is 19.8. The lowest BCUT2D eigenvalue weighted by atomic mass is 9.98. The number of rotatable bonds is 6. The van der Waals surface area contributed by atoms with E-state index in [2.05, 4.69) is 15.0 Å². The van der Waals surface area contributed by atoms with Crippen molar-refractivity contribution in [3.8, 4) is 0 Å². The van der Waals surface area contributed by atoms with E-state index < -0.39 is 28.1 Å². The Kier molecular flexibility index (Phi) is 6.47. The van der Waals surface area contributed by atoms with Crippen molar-refractivity contribution in [2.45, 2.75) is 44.6 Å². The fraction of sp³-hybridized carbons (Fsp3) is 0.500. The number of nitrogens with one attached hydrogen (secondary N) is 2. The molecule has 2 aliphatic carbocycles. The molecule has 0 spiro atoms. The summed E-state index contributed by atoms with van der Waals surface area (Å²) in [6.45, 7) is -0.202. The van der Waals surface area contributed by atoms with Crippen LogP contribution in [0.1, 0.15) is 45.6 Å². The lowest BCUT2D eigenvalue weighted by molar-refractivity contribution is -0.149. The Hall–Kier alpha value is -2.67. The zero-order chi connectivity index (χ0) is 24.7. The third-order valence-electron chi connectivity index (χ3n) is 6.62. The molecule has 35 heavy (non-hydrogen) atoms. The van der Waals surface area contributed by atoms with Crippen molar-refractivity contribution in [2.24, 2.45) is 0 Å². The Morgan fingerprint density at radius 1 is 1.14 bits per heavy atom. The van der Waals surface area contributed by atoms with Crippen molar-refractivity contribution >= 4 is 45.4 Å². The van der Waals surface area contributed by atoms with Crippen LogP contribution in [0, 0.1) is 0 Å². The van der Waals surface area contributed by atoms with Gasteiger partial charge in [0.2, 0.25) is 0 Å². The number of halogens is 1. The Balaban J connectivity index is 1.35. The lowest BCUT2D eigenvalue weighted by Crippen LogP contribution is -2.56. The summed E-state index contributed by atoms with van der Waals surface area (Å²) in [4.78, 5) is 28.8. The molecule has 0 bridgehead atoms. The van der Waals surface area contributed by atoms with Crippen LogP contribution in [0.4, 0.5) is 11.7 Å². The van der Waals surface area contributed by atoms with Crippen LogP contribution in [0.3, 0.4) is 0 Å². The molecule has 1 aromatic carbocycles. The number of ether oxygens (including phenoxy) is 2. The van der Waals surface area contributed by atoms with Gasteiger partial charge in [0.1, 0.15) is 12.3 Å². The van der Waals surface area contributed by atoms with Crippen LogP contribution in [0.15, 0.2) is 10.7 Å². The molecule has 1 unspecified atom stereocenters. The molecule has 0 saturated carbocycles. The minimum Gasteiger partial charge on any atom is -0.468 e. The van der Waals surface area contributed by atoms with Gasteiger partial charge in [0.05, 0.1) is 20.3 Å². The van der Waals surface area contributed by atoms with Gasteiger partial charge in [-0.1, -0.05) is 11.6 Å². The minimum absolute atomic E-state index is 0.0797. The highest BCUT2D eigenvalue weighted by Crippen LogP contribution is 2.44. The van der Waals surface area contributed by atoms with Crippen LogP contribution in [-0.4, -0.2) is 62.5 Å². The van der Waals surface area contributed by atoms with Crippen LogP contribution in [0.5, 0.6) is 0 Å². The lowest BCUT2D eigenvalue weighted by Gasteiger charge is -2.32. The first-order chi connectivity index (χ1) is 16.8. The van der Waals surface area contributed by atoms with Gasteiger partial charge in [-0.05, 0) is 60.8 Å². The second-order valence-corrected chi connectivity index (χ2v) is 10.6. The summed E-state index contributed by atoms with van der Waals surface area (Å²) in [6, 6.07) is -1.11. The number of oxazole rings is 1. The molecular weight excluding hydrogens is 500 g/mol. The standard InChI is InChI=1S/C22H25ClN4O7S/c1-32-21(29)17-11-33-9-8-27(17)35(30,31)26-20(28)16-10-34-22(24-16)25-19-14-6-2-4-12(14)18(23)13-5-3-7-15(13)19/h10,17H,2-9,11H2,1H3,(H,24,25)(H,26,28). The van der Waals surface area contributed by atoms with E-state index in [0.717, 1.165) is 89.2 Å². The Morgan fingerprint density at radius 3 is 2.46 bits per heavy atom. The highest BCUT2D eigenvalue weighted by molar-refractivity contribution is 7.87. The molecule has 3 aliphatic rings. The van der Waals surface area contributed by atoms with Crippen molar-refractivity contribution < 1.29 is 31.9 Å². The summed E-state index contributed by atoms with van der Waals surface area (Å²) in [7, 11) is -3.22. The smallest absolute Gasteiger partial charge is 0.326 e. The van der Waals surface area contributed by atoms with E-state index >= 15 is 0 Å². The van der Waals surface area contributed by atoms with Gasteiger partial charge in [0.15, 0.2) is 5.69 Å². The third-order valence-corrected chi connectivity index (χ3v) is 8.57. The predicted octanol–water partition coefficient (Wildman–Crippen LogP) is 1.90. The second kappa shape index (κ2) is 9.41. The first kappa shape index (κ1) is 24.0. The van der Waals surface area contributed by atoms with E-state index in [1.807, 2.05) is 4.72 Å². The summed E-state index contributed by atoms with van der Waals surface area (Å²) in [5.41, 5.74) is 5.28. The number of carbonyl (C=O) groups is 2. The number of hydrogen-bond donors (Lipinski definition) is 2. The van der Waals surface area contributed by atoms with E-state index in [-0.39, 0.29) is 31.5 Å². The molecule has 2 aromatic rings. The van der Waals surface area contributed by atoms with Crippen molar-refractivity contribution in [3.05, 3.63) is 39.2 Å². The van der Waals surface area contributed by atoms with Gasteiger partial charge in [-0.15, -0.1) is 0 Å². The molecule has 2 N–H and O–H groups in total. The monoisotopic (exact) mass is 524 g/mol. The molecule has 11 nitrogen and oxygen atoms in total. The molecular formula is C22H25ClN4O7S. The van der Waals surface area contributed by atoms with Crippen LogP contribution in [0.2, 0.25) is 5.02 Å². The molecule has 5 rings (SSSR count). The molecule has 1 aromatic heterocycles. The third kappa shape index (κ3) is 4.39. The van der Waals surface area contributed by atoms with Gasteiger partial charge in [0.25, 0.3) is 11.9 Å². The quantitative estimate of drug-likeness (QED) is 0.542. The fourth-order valence-corrected chi connectivity index (χ4v) is 6.68. The van der Waals surface area contributed by atoms with E-state index in [9.17, 15) is 18.0 Å². The summed E-state index contributed by atoms with van der Waals surface area (Å²) in [6.07, 6.45) is 6.72. The number of amides is 1. The van der Waals surface area contributed by atoms with Gasteiger partial charge in [0, 0.05) is 17.3 Å². The first-order valence-electron chi connectivity index (χ1n) is 11.4. The number of morpholine rings is 1. The van der Waals surface area contributed by atoms with E-state index in [4.69, 9.17) is 20.8 Å². The van der Waals surface area contributed by atoms with E-state index in [1.54, 1.807) is 0 Å². The molecule has 1 saturated heterocycles. The maximum Gasteiger partial charge on any atom is 0.326 e. The Labute approximate surface area is 207 Å². The maximum atomic E-state index is 12.8. The molecule has 2 heterocycles. The molecule has 1 fully saturated rings. The zero-order valence-electron chi connectivity index (χ0n) is 19.1. The number of nitrogens with zero attached hydrogens (tertiary/aromatic N) is 2. The van der Waals surface area contributed by atoms with E-state index in [0.29, 0.717) is 0 Å². The number of fused-ring (bicyclic) bond motifs is 2. The SMILES string of the molecule is COC(=O)C1COCCN1S(=O)(=O)NC(=O)c1coc(Nc2c3c(c(Cl)c4c2CCC4)CCC3)n1. The second-order valence-electron chi connectivity index (χ2n) is 8.63. The van der Waals surface area contributed by atoms with Crippen LogP contribution >= 0.6 is 11.6 Å². The van der Waals surface area contributed by atoms with Crippen LogP contribution in [-0.2, 0) is 50.2 Å². The van der Waals surface area contributed by atoms with Gasteiger partial charge in [-0.3, -0.25) is 9.59 Å². The Bertz CT molecular complexity index is 1260. The number of aromatic nitrogens is 1. The van der Waals surface area contributed by atoms with Gasteiger partial charge >= 0.3 is 16.2 Å². The van der Waals surface area contributed by atoms with E-state index in [1.165, 1.54) is 0 Å². The molecule has 1 amide bonds. The average molecular weight is 525 g/mol. The number of carbonyl (C=O) groups excluding carboxylic acids is 2. The average Bonchev–Trinajstić information content (AvgIpc) is 3.61. The van der Waals surface area contributed by atoms with Crippen molar-refractivity contribution in [2.75, 3.05) is 32.2 Å². The van der Waals surface area contributed by atoms with Crippen molar-refractivity contribution in [1.82, 2.24) is 14.0 Å². The predicted molar refractivity (Wildman–Crippen MR) is 125 cm³/mol. The van der Waals surface area contributed by atoms with Gasteiger partial charge < -0.3 is 19.2 Å². The summed E-state index contributed by atoms with van der Waals surface area (Å²) in [5, 5.41) is 4.07. The molecule has 0 radical (unpaired) electrons. The molecule has 1 aliphatic heterocycles. The molecule has 13 heteroatoms. The maximum absolute atomic E-state index is 12.8. The largest absolute Gasteiger partial charge is 0.468 e. The summed E-state index contributed by atoms with van der Waals surface area (Å²) in [5.74, 6) is -1.76. The molecule has 1 atom stereocenters. The number of esters is 1. The zero-order valence-corrected chi connectivity index (χ0v) is 20.6. The van der Waals surface area contributed by atoms with Crippen LogP contribution < -0.4 is 10.0 Å². The van der Waals surface area contributed by atoms with Gasteiger partial charge in [-0.2, -0.15) is 17.7 Å². The first-order valence-corrected chi connectivity index (χ1v) is 13.2. The van der Waals surface area contributed by atoms with Gasteiger partial charge in [-0.25, -0.2) is 4.72 Å². The fourth-order valence-electron chi connectivity index (χ4n) is 5.01. The molecule has 188 valence electrons. The topological polar surface area (TPSA) is 140 Å². The van der Waals surface area contributed by atoms with Crippen LogP contribution in [0.25, 0.3) is 0 Å².